The quantitative estimate of drug-likeness (QED) is 0.860. The average Bonchev–Trinajstić information content (AvgIpc) is 2.48. The van der Waals surface area contributed by atoms with Gasteiger partial charge in [-0.2, -0.15) is 5.26 Å². The van der Waals surface area contributed by atoms with E-state index in [1.54, 1.807) is 24.3 Å². The van der Waals surface area contributed by atoms with Gasteiger partial charge in [0, 0.05) is 13.1 Å². The van der Waals surface area contributed by atoms with Crippen LogP contribution in [0.5, 0.6) is 0 Å². The van der Waals surface area contributed by atoms with E-state index in [0.717, 1.165) is 0 Å². The fourth-order valence-corrected chi connectivity index (χ4v) is 2.25. The van der Waals surface area contributed by atoms with Crippen molar-refractivity contribution >= 4 is 17.7 Å². The van der Waals surface area contributed by atoms with E-state index >= 15 is 0 Å². The third-order valence-electron chi connectivity index (χ3n) is 3.35. The van der Waals surface area contributed by atoms with Crippen molar-refractivity contribution in [3.8, 4) is 6.07 Å². The van der Waals surface area contributed by atoms with Gasteiger partial charge in [0.1, 0.15) is 6.07 Å². The predicted octanol–water partition coefficient (Wildman–Crippen LogP) is 1.89. The van der Waals surface area contributed by atoms with E-state index in [4.69, 9.17) is 10.4 Å². The number of nitrogens with zero attached hydrogens (tertiary/aromatic N) is 2. The van der Waals surface area contributed by atoms with E-state index in [9.17, 15) is 9.59 Å². The second-order valence-corrected chi connectivity index (χ2v) is 4.71. The molecule has 0 radical (unpaired) electrons. The van der Waals surface area contributed by atoms with Crippen LogP contribution in [0.25, 0.3) is 0 Å². The van der Waals surface area contributed by atoms with Crippen molar-refractivity contribution in [2.75, 3.05) is 18.4 Å². The number of urea groups is 1. The van der Waals surface area contributed by atoms with Crippen molar-refractivity contribution in [3.05, 3.63) is 29.8 Å². The summed E-state index contributed by atoms with van der Waals surface area (Å²) in [4.78, 5) is 24.6. The summed E-state index contributed by atoms with van der Waals surface area (Å²) >= 11 is 0. The smallest absolute Gasteiger partial charge is 0.321 e. The van der Waals surface area contributed by atoms with Crippen LogP contribution in [0, 0.1) is 17.2 Å². The molecule has 1 heterocycles. The number of nitrogens with one attached hydrogen (secondary N) is 1. The molecule has 6 nitrogen and oxygen atoms in total. The molecule has 2 amide bonds. The third kappa shape index (κ3) is 3.06. The van der Waals surface area contributed by atoms with Gasteiger partial charge >= 0.3 is 12.0 Å². The maximum atomic E-state index is 12.1. The SMILES string of the molecule is N#Cc1ccccc1NC(=O)N1CCC[C@@H](C(=O)O)C1. The van der Waals surface area contributed by atoms with Gasteiger partial charge in [-0.3, -0.25) is 4.79 Å². The molecule has 1 aliphatic heterocycles. The molecular formula is C14H15N3O3. The summed E-state index contributed by atoms with van der Waals surface area (Å²) in [6.45, 7) is 0.736. The zero-order chi connectivity index (χ0) is 14.5. The Balaban J connectivity index is 2.05. The first-order valence-corrected chi connectivity index (χ1v) is 6.39. The summed E-state index contributed by atoms with van der Waals surface area (Å²) < 4.78 is 0. The number of hydrogen-bond donors (Lipinski definition) is 2. The number of hydrogen-bond acceptors (Lipinski definition) is 3. The van der Waals surface area contributed by atoms with Crippen LogP contribution < -0.4 is 5.32 Å². The largest absolute Gasteiger partial charge is 0.481 e. The molecule has 1 fully saturated rings. The summed E-state index contributed by atoms with van der Waals surface area (Å²) in [5.74, 6) is -1.39. The van der Waals surface area contributed by atoms with Crippen molar-refractivity contribution in [2.45, 2.75) is 12.8 Å². The van der Waals surface area contributed by atoms with Crippen LogP contribution in [-0.2, 0) is 4.79 Å². The zero-order valence-electron chi connectivity index (χ0n) is 10.9. The number of carboxylic acids is 1. The first-order chi connectivity index (χ1) is 9.61. The number of benzene rings is 1. The molecule has 104 valence electrons. The number of carbonyl (C=O) groups is 2. The molecule has 0 unspecified atom stereocenters. The summed E-state index contributed by atoms with van der Waals surface area (Å²) in [5.41, 5.74) is 0.824. The van der Waals surface area contributed by atoms with E-state index in [1.807, 2.05) is 6.07 Å². The number of para-hydroxylation sites is 1. The maximum absolute atomic E-state index is 12.1. The Bertz CT molecular complexity index is 565. The predicted molar refractivity (Wildman–Crippen MR) is 72.1 cm³/mol. The Labute approximate surface area is 116 Å². The van der Waals surface area contributed by atoms with Crippen LogP contribution in [0.2, 0.25) is 0 Å². The van der Waals surface area contributed by atoms with Gasteiger partial charge < -0.3 is 15.3 Å². The van der Waals surface area contributed by atoms with E-state index in [1.165, 1.54) is 4.90 Å². The standard InChI is InChI=1S/C14H15N3O3/c15-8-10-4-1-2-6-12(10)16-14(20)17-7-3-5-11(9-17)13(18)19/h1-2,4,6,11H,3,5,7,9H2,(H,16,20)(H,18,19)/t11-/m1/s1. The number of carboxylic acid groups (broad SMARTS) is 1. The van der Waals surface area contributed by atoms with E-state index in [0.29, 0.717) is 30.6 Å². The molecule has 1 aromatic rings. The van der Waals surface area contributed by atoms with E-state index in [2.05, 4.69) is 5.32 Å². The highest BCUT2D eigenvalue weighted by molar-refractivity contribution is 5.91. The Kier molecular flexibility index (Phi) is 4.20. The van der Waals surface area contributed by atoms with Gasteiger partial charge in [0.2, 0.25) is 0 Å². The number of rotatable bonds is 2. The minimum absolute atomic E-state index is 0.204. The average molecular weight is 273 g/mol. The maximum Gasteiger partial charge on any atom is 0.321 e. The number of amides is 2. The van der Waals surface area contributed by atoms with Crippen molar-refractivity contribution in [1.82, 2.24) is 4.90 Å². The molecule has 2 N–H and O–H groups in total. The monoisotopic (exact) mass is 273 g/mol. The number of likely N-dealkylation sites (tertiary alicyclic amines) is 1. The van der Waals surface area contributed by atoms with Crippen LogP contribution in [-0.4, -0.2) is 35.1 Å². The van der Waals surface area contributed by atoms with Gasteiger partial charge in [0.25, 0.3) is 0 Å². The Morgan fingerprint density at radius 2 is 2.15 bits per heavy atom. The Hall–Kier alpha value is -2.55. The highest BCUT2D eigenvalue weighted by atomic mass is 16.4. The van der Waals surface area contributed by atoms with Crippen molar-refractivity contribution < 1.29 is 14.7 Å². The van der Waals surface area contributed by atoms with Crippen LogP contribution in [0.3, 0.4) is 0 Å². The lowest BCUT2D eigenvalue weighted by Gasteiger charge is -2.30. The lowest BCUT2D eigenvalue weighted by molar-refractivity contribution is -0.143. The van der Waals surface area contributed by atoms with E-state index in [-0.39, 0.29) is 12.6 Å². The fourth-order valence-electron chi connectivity index (χ4n) is 2.25. The van der Waals surface area contributed by atoms with Gasteiger partial charge in [-0.1, -0.05) is 12.1 Å². The van der Waals surface area contributed by atoms with Crippen LogP contribution in [0.4, 0.5) is 10.5 Å². The van der Waals surface area contributed by atoms with Gasteiger partial charge in [0.05, 0.1) is 17.2 Å². The van der Waals surface area contributed by atoms with E-state index < -0.39 is 11.9 Å². The molecule has 1 aliphatic rings. The zero-order valence-corrected chi connectivity index (χ0v) is 10.9. The third-order valence-corrected chi connectivity index (χ3v) is 3.35. The van der Waals surface area contributed by atoms with Gasteiger partial charge in [0.15, 0.2) is 0 Å². The highest BCUT2D eigenvalue weighted by Crippen LogP contribution is 2.19. The van der Waals surface area contributed by atoms with Crippen LogP contribution in [0.15, 0.2) is 24.3 Å². The lowest BCUT2D eigenvalue weighted by Crippen LogP contribution is -2.44. The van der Waals surface area contributed by atoms with Gasteiger partial charge in [-0.05, 0) is 25.0 Å². The molecule has 0 spiro atoms. The Morgan fingerprint density at radius 1 is 1.40 bits per heavy atom. The molecule has 0 saturated carbocycles. The lowest BCUT2D eigenvalue weighted by atomic mass is 9.99. The summed E-state index contributed by atoms with van der Waals surface area (Å²) in [5, 5.41) is 20.6. The molecule has 20 heavy (non-hydrogen) atoms. The number of piperidine rings is 1. The molecule has 1 saturated heterocycles. The second-order valence-electron chi connectivity index (χ2n) is 4.71. The van der Waals surface area contributed by atoms with Gasteiger partial charge in [-0.25, -0.2) is 4.79 Å². The molecule has 2 rings (SSSR count). The normalized spacial score (nSPS) is 18.1. The number of carbonyl (C=O) groups excluding carboxylic acids is 1. The summed E-state index contributed by atoms with van der Waals surface area (Å²) in [6, 6.07) is 8.35. The topological polar surface area (TPSA) is 93.4 Å². The summed E-state index contributed by atoms with van der Waals surface area (Å²) in [6.07, 6.45) is 1.26. The fraction of sp³-hybridized carbons (Fsp3) is 0.357. The molecule has 0 aliphatic carbocycles. The minimum Gasteiger partial charge on any atom is -0.481 e. The molecule has 1 aromatic carbocycles. The van der Waals surface area contributed by atoms with Crippen molar-refractivity contribution in [3.63, 3.8) is 0 Å². The Morgan fingerprint density at radius 3 is 2.85 bits per heavy atom. The first kappa shape index (κ1) is 13.9. The number of aliphatic carboxylic acids is 1. The van der Waals surface area contributed by atoms with Crippen LogP contribution in [0.1, 0.15) is 18.4 Å². The molecule has 0 aromatic heterocycles. The molecule has 0 bridgehead atoms. The highest BCUT2D eigenvalue weighted by Gasteiger charge is 2.28. The van der Waals surface area contributed by atoms with Crippen molar-refractivity contribution in [1.29, 1.82) is 5.26 Å². The summed E-state index contributed by atoms with van der Waals surface area (Å²) in [7, 11) is 0. The second kappa shape index (κ2) is 6.06. The van der Waals surface area contributed by atoms with Crippen molar-refractivity contribution in [2.24, 2.45) is 5.92 Å². The number of nitriles is 1. The molecular weight excluding hydrogens is 258 g/mol. The molecule has 6 heteroatoms. The molecule has 1 atom stereocenters. The minimum atomic E-state index is -0.875. The van der Waals surface area contributed by atoms with Gasteiger partial charge in [-0.15, -0.1) is 0 Å². The number of anilines is 1. The first-order valence-electron chi connectivity index (χ1n) is 6.39. The van der Waals surface area contributed by atoms with Crippen LogP contribution >= 0.6 is 0 Å².